The summed E-state index contributed by atoms with van der Waals surface area (Å²) in [5.74, 6) is 0.724. The molecule has 0 N–H and O–H groups in total. The molecule has 0 unspecified atom stereocenters. The zero-order valence-electron chi connectivity index (χ0n) is 17.3. The number of benzene rings is 2. The molecule has 6 heteroatoms. The van der Waals surface area contributed by atoms with Crippen LogP contribution in [0.3, 0.4) is 0 Å². The maximum Gasteiger partial charge on any atom is 0.254 e. The van der Waals surface area contributed by atoms with E-state index in [2.05, 4.69) is 19.1 Å². The summed E-state index contributed by atoms with van der Waals surface area (Å²) in [7, 11) is -3.09. The predicted molar refractivity (Wildman–Crippen MR) is 115 cm³/mol. The number of ether oxygens (including phenoxy) is 1. The molecule has 1 amide bonds. The highest BCUT2D eigenvalue weighted by atomic mass is 32.2. The van der Waals surface area contributed by atoms with Gasteiger partial charge in [0.1, 0.15) is 5.75 Å². The average molecular weight is 416 g/mol. The van der Waals surface area contributed by atoms with Gasteiger partial charge in [0.15, 0.2) is 9.84 Å². The average Bonchev–Trinajstić information content (AvgIpc) is 3.05. The highest BCUT2D eigenvalue weighted by molar-refractivity contribution is 7.91. The molecule has 0 spiro atoms. The highest BCUT2D eigenvalue weighted by Gasteiger charge is 2.35. The van der Waals surface area contributed by atoms with Gasteiger partial charge in [-0.1, -0.05) is 31.2 Å². The highest BCUT2D eigenvalue weighted by Crippen LogP contribution is 2.24. The lowest BCUT2D eigenvalue weighted by Crippen LogP contribution is -2.40. The van der Waals surface area contributed by atoms with Crippen LogP contribution in [-0.2, 0) is 22.8 Å². The fourth-order valence-electron chi connectivity index (χ4n) is 3.58. The molecule has 1 aliphatic rings. The minimum absolute atomic E-state index is 0.0281. The van der Waals surface area contributed by atoms with Crippen molar-refractivity contribution in [1.82, 2.24) is 4.90 Å². The molecular formula is C23H29NO4S. The fourth-order valence-corrected chi connectivity index (χ4v) is 5.31. The number of rotatable bonds is 7. The predicted octanol–water partition coefficient (Wildman–Crippen LogP) is 3.87. The van der Waals surface area contributed by atoms with E-state index < -0.39 is 9.84 Å². The molecule has 0 radical (unpaired) electrons. The lowest BCUT2D eigenvalue weighted by molar-refractivity contribution is 0.0681. The Morgan fingerprint density at radius 1 is 1.07 bits per heavy atom. The van der Waals surface area contributed by atoms with Crippen LogP contribution in [0.2, 0.25) is 0 Å². The molecule has 3 rings (SSSR count). The molecule has 1 fully saturated rings. The van der Waals surface area contributed by atoms with Gasteiger partial charge in [-0.3, -0.25) is 4.79 Å². The summed E-state index contributed by atoms with van der Waals surface area (Å²) in [6.45, 7) is 6.39. The molecule has 1 atom stereocenters. The monoisotopic (exact) mass is 415 g/mol. The van der Waals surface area contributed by atoms with Gasteiger partial charge < -0.3 is 9.64 Å². The first-order valence-corrected chi connectivity index (χ1v) is 12.0. The van der Waals surface area contributed by atoms with Crippen molar-refractivity contribution in [2.75, 3.05) is 11.5 Å². The van der Waals surface area contributed by atoms with Crippen molar-refractivity contribution in [3.05, 3.63) is 65.2 Å². The topological polar surface area (TPSA) is 63.7 Å². The Kier molecular flexibility index (Phi) is 6.63. The van der Waals surface area contributed by atoms with Crippen LogP contribution in [0.4, 0.5) is 0 Å². The first kappa shape index (κ1) is 21.4. The first-order valence-electron chi connectivity index (χ1n) is 10.1. The number of aryl methyl sites for hydroxylation is 1. The molecule has 5 nitrogen and oxygen atoms in total. The van der Waals surface area contributed by atoms with Crippen molar-refractivity contribution in [2.24, 2.45) is 0 Å². The summed E-state index contributed by atoms with van der Waals surface area (Å²) >= 11 is 0. The molecule has 1 heterocycles. The van der Waals surface area contributed by atoms with Crippen molar-refractivity contribution >= 4 is 15.7 Å². The summed E-state index contributed by atoms with van der Waals surface area (Å²) in [6.07, 6.45) is 1.49. The van der Waals surface area contributed by atoms with Crippen LogP contribution in [0.1, 0.15) is 48.7 Å². The second kappa shape index (κ2) is 8.99. The van der Waals surface area contributed by atoms with Crippen LogP contribution < -0.4 is 4.74 Å². The third-order valence-corrected chi connectivity index (χ3v) is 6.92. The van der Waals surface area contributed by atoms with Crippen LogP contribution in [0.15, 0.2) is 48.5 Å². The lowest BCUT2D eigenvalue weighted by Gasteiger charge is -2.29. The van der Waals surface area contributed by atoms with Crippen molar-refractivity contribution in [2.45, 2.75) is 52.3 Å². The standard InChI is InChI=1S/C23H29NO4S/c1-4-18-5-7-19(8-6-18)15-24(21-13-14-29(26,27)16-21)23(25)20-9-11-22(12-10-20)28-17(2)3/h5-12,17,21H,4,13-16H2,1-3H3/t21-/m1/s1. The number of hydrogen-bond acceptors (Lipinski definition) is 4. The second-order valence-electron chi connectivity index (χ2n) is 7.85. The molecule has 1 saturated heterocycles. The third-order valence-electron chi connectivity index (χ3n) is 5.17. The van der Waals surface area contributed by atoms with E-state index in [4.69, 9.17) is 4.74 Å². The molecule has 2 aromatic carbocycles. The number of carbonyl (C=O) groups is 1. The van der Waals surface area contributed by atoms with E-state index in [9.17, 15) is 13.2 Å². The van der Waals surface area contributed by atoms with Crippen molar-refractivity contribution in [3.8, 4) is 5.75 Å². The lowest BCUT2D eigenvalue weighted by atomic mass is 10.1. The molecular weight excluding hydrogens is 386 g/mol. The summed E-state index contributed by atoms with van der Waals surface area (Å²) in [4.78, 5) is 15.0. The Bertz CT molecular complexity index is 934. The molecule has 0 aromatic heterocycles. The Morgan fingerprint density at radius 3 is 2.21 bits per heavy atom. The zero-order chi connectivity index (χ0) is 21.0. The Hall–Kier alpha value is -2.34. The van der Waals surface area contributed by atoms with Gasteiger partial charge in [-0.25, -0.2) is 8.42 Å². The summed E-state index contributed by atoms with van der Waals surface area (Å²) in [5, 5.41) is 0. The van der Waals surface area contributed by atoms with Gasteiger partial charge in [-0.2, -0.15) is 0 Å². The van der Waals surface area contributed by atoms with Gasteiger partial charge in [-0.05, 0) is 62.1 Å². The SMILES string of the molecule is CCc1ccc(CN(C(=O)c2ccc(OC(C)C)cc2)[C@@H]2CCS(=O)(=O)C2)cc1. The van der Waals surface area contributed by atoms with E-state index in [-0.39, 0.29) is 29.6 Å². The van der Waals surface area contributed by atoms with E-state index in [0.717, 1.165) is 12.0 Å². The Labute approximate surface area is 173 Å². The van der Waals surface area contributed by atoms with E-state index in [1.807, 2.05) is 26.0 Å². The van der Waals surface area contributed by atoms with Crippen molar-refractivity contribution in [3.63, 3.8) is 0 Å². The van der Waals surface area contributed by atoms with Crippen LogP contribution in [0.25, 0.3) is 0 Å². The maximum atomic E-state index is 13.3. The molecule has 0 saturated carbocycles. The van der Waals surface area contributed by atoms with Crippen LogP contribution in [0, 0.1) is 0 Å². The summed E-state index contributed by atoms with van der Waals surface area (Å²) in [6, 6.07) is 14.9. The second-order valence-corrected chi connectivity index (χ2v) is 10.1. The largest absolute Gasteiger partial charge is 0.491 e. The van der Waals surface area contributed by atoms with Crippen molar-refractivity contribution < 1.29 is 17.9 Å². The number of hydrogen-bond donors (Lipinski definition) is 0. The molecule has 0 bridgehead atoms. The van der Waals surface area contributed by atoms with E-state index in [1.165, 1.54) is 5.56 Å². The fraction of sp³-hybridized carbons (Fsp3) is 0.435. The van der Waals surface area contributed by atoms with Gasteiger partial charge in [0.2, 0.25) is 0 Å². The van der Waals surface area contributed by atoms with Crippen LogP contribution >= 0.6 is 0 Å². The van der Waals surface area contributed by atoms with E-state index in [1.54, 1.807) is 29.2 Å². The van der Waals surface area contributed by atoms with Crippen LogP contribution in [0.5, 0.6) is 5.75 Å². The first-order chi connectivity index (χ1) is 13.8. The number of amides is 1. The molecule has 1 aliphatic heterocycles. The molecule has 0 aliphatic carbocycles. The Balaban J connectivity index is 1.84. The van der Waals surface area contributed by atoms with Gasteiger partial charge in [0, 0.05) is 18.2 Å². The molecule has 29 heavy (non-hydrogen) atoms. The van der Waals surface area contributed by atoms with Gasteiger partial charge in [0.25, 0.3) is 5.91 Å². The molecule has 2 aromatic rings. The Morgan fingerprint density at radius 2 is 1.69 bits per heavy atom. The van der Waals surface area contributed by atoms with Gasteiger partial charge in [-0.15, -0.1) is 0 Å². The van der Waals surface area contributed by atoms with Crippen molar-refractivity contribution in [1.29, 1.82) is 0 Å². The van der Waals surface area contributed by atoms with E-state index in [0.29, 0.717) is 24.3 Å². The smallest absolute Gasteiger partial charge is 0.254 e. The van der Waals surface area contributed by atoms with E-state index >= 15 is 0 Å². The normalized spacial score (nSPS) is 18.0. The number of nitrogens with zero attached hydrogens (tertiary/aromatic N) is 1. The zero-order valence-corrected chi connectivity index (χ0v) is 18.1. The summed E-state index contributed by atoms with van der Waals surface area (Å²) in [5.41, 5.74) is 2.77. The number of sulfone groups is 1. The van der Waals surface area contributed by atoms with Gasteiger partial charge in [0.05, 0.1) is 17.6 Å². The maximum absolute atomic E-state index is 13.3. The minimum Gasteiger partial charge on any atom is -0.491 e. The molecule has 156 valence electrons. The summed E-state index contributed by atoms with van der Waals surface area (Å²) < 4.78 is 29.7. The van der Waals surface area contributed by atoms with Crippen LogP contribution in [-0.4, -0.2) is 42.9 Å². The van der Waals surface area contributed by atoms with Gasteiger partial charge >= 0.3 is 0 Å². The number of carbonyl (C=O) groups excluding carboxylic acids is 1. The quantitative estimate of drug-likeness (QED) is 0.689. The minimum atomic E-state index is -3.09. The third kappa shape index (κ3) is 5.60.